The van der Waals surface area contributed by atoms with Gasteiger partial charge in [0.05, 0.1) is 24.0 Å². The summed E-state index contributed by atoms with van der Waals surface area (Å²) >= 11 is 5.50. The van der Waals surface area contributed by atoms with Gasteiger partial charge in [0.1, 0.15) is 13.2 Å². The van der Waals surface area contributed by atoms with Crippen LogP contribution in [-0.4, -0.2) is 54.1 Å². The van der Waals surface area contributed by atoms with Crippen LogP contribution in [0.1, 0.15) is 20.7 Å². The maximum Gasteiger partial charge on any atom is 0.322 e. The third kappa shape index (κ3) is 5.36. The third-order valence-electron chi connectivity index (χ3n) is 2.81. The summed E-state index contributed by atoms with van der Waals surface area (Å²) in [6, 6.07) is 0. The van der Waals surface area contributed by atoms with Crippen LogP contribution >= 0.6 is 67.8 Å². The molecule has 0 unspecified atom stereocenters. The molecule has 0 atom stereocenters. The minimum atomic E-state index is -1.22. The van der Waals surface area contributed by atoms with Crippen LogP contribution in [0.15, 0.2) is 0 Å². The standard InChI is InChI=1S/C13H12I3N3O6/c1-17-12(24)6-8(14)7(13(25)18-2-5(22)23)10(16)11(9(6)15)19-4(21)3-20/h20H,2-3H2,1H3,(H,17,24)(H,18,25)(H,19,21)(H,22,23). The van der Waals surface area contributed by atoms with Gasteiger partial charge in [0.2, 0.25) is 5.91 Å². The normalized spacial score (nSPS) is 10.1. The van der Waals surface area contributed by atoms with Crippen molar-refractivity contribution in [2.24, 2.45) is 0 Å². The summed E-state index contributed by atoms with van der Waals surface area (Å²) in [7, 11) is 1.42. The van der Waals surface area contributed by atoms with Crippen molar-refractivity contribution in [3.8, 4) is 0 Å². The van der Waals surface area contributed by atoms with Gasteiger partial charge < -0.3 is 26.2 Å². The van der Waals surface area contributed by atoms with Gasteiger partial charge in [0.25, 0.3) is 11.8 Å². The first-order valence-corrected chi connectivity index (χ1v) is 9.72. The molecule has 0 bridgehead atoms. The van der Waals surface area contributed by atoms with E-state index in [9.17, 15) is 19.2 Å². The maximum atomic E-state index is 12.4. The van der Waals surface area contributed by atoms with Crippen molar-refractivity contribution >= 4 is 97.2 Å². The number of halogens is 3. The number of rotatable bonds is 6. The second-order valence-corrected chi connectivity index (χ2v) is 7.67. The van der Waals surface area contributed by atoms with Crippen LogP contribution in [0.25, 0.3) is 0 Å². The number of carbonyl (C=O) groups is 4. The number of benzene rings is 1. The molecule has 0 radical (unpaired) electrons. The first-order chi connectivity index (χ1) is 11.6. The Balaban J connectivity index is 3.61. The van der Waals surface area contributed by atoms with Gasteiger partial charge in [0, 0.05) is 10.6 Å². The van der Waals surface area contributed by atoms with E-state index in [0.29, 0.717) is 10.7 Å². The van der Waals surface area contributed by atoms with E-state index >= 15 is 0 Å². The molecule has 0 saturated heterocycles. The smallest absolute Gasteiger partial charge is 0.322 e. The Morgan fingerprint density at radius 1 is 0.960 bits per heavy atom. The van der Waals surface area contributed by atoms with Crippen LogP contribution in [0, 0.1) is 10.7 Å². The van der Waals surface area contributed by atoms with Gasteiger partial charge >= 0.3 is 5.97 Å². The summed E-state index contributed by atoms with van der Waals surface area (Å²) in [6.45, 7) is -1.36. The number of aliphatic hydroxyl groups is 1. The molecule has 1 aromatic carbocycles. The molecule has 1 aromatic rings. The quantitative estimate of drug-likeness (QED) is 0.278. The summed E-state index contributed by atoms with van der Waals surface area (Å²) in [5.74, 6) is -3.10. The maximum absolute atomic E-state index is 12.4. The van der Waals surface area contributed by atoms with Gasteiger partial charge in [-0.2, -0.15) is 0 Å². The van der Waals surface area contributed by atoms with E-state index in [1.807, 2.05) is 67.8 Å². The zero-order valence-electron chi connectivity index (χ0n) is 12.6. The fraction of sp³-hybridized carbons (Fsp3) is 0.231. The number of nitrogens with one attached hydrogen (secondary N) is 3. The summed E-state index contributed by atoms with van der Waals surface area (Å²) in [6.07, 6.45) is 0. The lowest BCUT2D eigenvalue weighted by atomic mass is 10.1. The minimum absolute atomic E-state index is 0.0645. The fourth-order valence-electron chi connectivity index (χ4n) is 1.72. The molecule has 136 valence electrons. The van der Waals surface area contributed by atoms with E-state index in [1.165, 1.54) is 7.05 Å². The number of aliphatic carboxylic acids is 1. The molecule has 0 heterocycles. The van der Waals surface area contributed by atoms with Crippen LogP contribution in [-0.2, 0) is 9.59 Å². The Morgan fingerprint density at radius 3 is 1.92 bits per heavy atom. The van der Waals surface area contributed by atoms with Crippen molar-refractivity contribution in [2.45, 2.75) is 0 Å². The number of carbonyl (C=O) groups excluding carboxylic acids is 3. The average molecular weight is 687 g/mol. The molecule has 9 nitrogen and oxygen atoms in total. The zero-order chi connectivity index (χ0) is 19.3. The third-order valence-corrected chi connectivity index (χ3v) is 6.04. The molecule has 0 aliphatic carbocycles. The highest BCUT2D eigenvalue weighted by Gasteiger charge is 2.28. The summed E-state index contributed by atoms with van der Waals surface area (Å²) < 4.78 is 1.03. The molecule has 0 fully saturated rings. The first kappa shape index (κ1) is 22.3. The summed E-state index contributed by atoms with van der Waals surface area (Å²) in [5, 5.41) is 24.8. The fourth-order valence-corrected chi connectivity index (χ4v) is 6.14. The van der Waals surface area contributed by atoms with Gasteiger partial charge in [0.15, 0.2) is 0 Å². The van der Waals surface area contributed by atoms with Crippen molar-refractivity contribution in [3.63, 3.8) is 0 Å². The largest absolute Gasteiger partial charge is 0.480 e. The van der Waals surface area contributed by atoms with Crippen LogP contribution in [0.3, 0.4) is 0 Å². The van der Waals surface area contributed by atoms with Crippen LogP contribution in [0.5, 0.6) is 0 Å². The average Bonchev–Trinajstić information content (AvgIpc) is 2.56. The highest BCUT2D eigenvalue weighted by molar-refractivity contribution is 14.1. The number of anilines is 1. The number of hydrogen-bond donors (Lipinski definition) is 5. The van der Waals surface area contributed by atoms with Crippen LogP contribution in [0.2, 0.25) is 0 Å². The van der Waals surface area contributed by atoms with E-state index in [4.69, 9.17) is 10.2 Å². The molecule has 0 spiro atoms. The monoisotopic (exact) mass is 687 g/mol. The number of aliphatic hydroxyl groups excluding tert-OH is 1. The van der Waals surface area contributed by atoms with E-state index in [1.54, 1.807) is 0 Å². The molecule has 25 heavy (non-hydrogen) atoms. The molecule has 0 aromatic heterocycles. The van der Waals surface area contributed by atoms with Crippen molar-refractivity contribution in [1.82, 2.24) is 10.6 Å². The van der Waals surface area contributed by atoms with E-state index in [2.05, 4.69) is 16.0 Å². The molecule has 3 amide bonds. The zero-order valence-corrected chi connectivity index (χ0v) is 19.0. The Morgan fingerprint density at radius 2 is 1.48 bits per heavy atom. The molecular weight excluding hydrogens is 675 g/mol. The molecule has 12 heteroatoms. The molecule has 0 aliphatic heterocycles. The van der Waals surface area contributed by atoms with Crippen molar-refractivity contribution < 1.29 is 29.4 Å². The molecule has 5 N–H and O–H groups in total. The Kier molecular flexibility index (Phi) is 8.75. The minimum Gasteiger partial charge on any atom is -0.480 e. The Hall–Kier alpha value is -0.750. The Labute approximate surface area is 183 Å². The van der Waals surface area contributed by atoms with Gasteiger partial charge in [-0.1, -0.05) is 0 Å². The number of carboxylic acid groups (broad SMARTS) is 1. The molecular formula is C13H12I3N3O6. The molecule has 1 rings (SSSR count). The molecule has 0 saturated carbocycles. The topological polar surface area (TPSA) is 145 Å². The lowest BCUT2D eigenvalue weighted by molar-refractivity contribution is -0.135. The summed E-state index contributed by atoms with van der Waals surface area (Å²) in [4.78, 5) is 46.8. The highest BCUT2D eigenvalue weighted by atomic mass is 127. The Bertz CT molecular complexity index is 753. The first-order valence-electron chi connectivity index (χ1n) is 6.48. The van der Waals surface area contributed by atoms with Gasteiger partial charge in [-0.15, -0.1) is 0 Å². The predicted molar refractivity (Wildman–Crippen MR) is 114 cm³/mol. The van der Waals surface area contributed by atoms with Gasteiger partial charge in [-0.05, 0) is 67.8 Å². The van der Waals surface area contributed by atoms with Gasteiger partial charge in [-0.25, -0.2) is 0 Å². The lowest BCUT2D eigenvalue weighted by Gasteiger charge is -2.18. The SMILES string of the molecule is CNC(=O)c1c(I)c(NC(=O)CO)c(I)c(C(=O)NCC(=O)O)c1I. The number of hydrogen-bond acceptors (Lipinski definition) is 5. The predicted octanol–water partition coefficient (Wildman–Crippen LogP) is 0.605. The van der Waals surface area contributed by atoms with Crippen molar-refractivity contribution in [2.75, 3.05) is 25.5 Å². The highest BCUT2D eigenvalue weighted by Crippen LogP contribution is 2.35. The van der Waals surface area contributed by atoms with E-state index < -0.39 is 36.8 Å². The van der Waals surface area contributed by atoms with E-state index in [-0.39, 0.29) is 16.8 Å². The second kappa shape index (κ2) is 9.81. The second-order valence-electron chi connectivity index (χ2n) is 4.43. The van der Waals surface area contributed by atoms with Crippen molar-refractivity contribution in [1.29, 1.82) is 0 Å². The molecule has 0 aliphatic rings. The summed E-state index contributed by atoms with van der Waals surface area (Å²) in [5.41, 5.74) is 0.423. The van der Waals surface area contributed by atoms with E-state index in [0.717, 1.165) is 0 Å². The van der Waals surface area contributed by atoms with Crippen LogP contribution in [0.4, 0.5) is 5.69 Å². The lowest BCUT2D eigenvalue weighted by Crippen LogP contribution is -2.32. The van der Waals surface area contributed by atoms with Crippen molar-refractivity contribution in [3.05, 3.63) is 21.8 Å². The van der Waals surface area contributed by atoms with Crippen LogP contribution < -0.4 is 16.0 Å². The van der Waals surface area contributed by atoms with Gasteiger partial charge in [-0.3, -0.25) is 19.2 Å². The number of carboxylic acids is 1. The number of amides is 3.